The second-order valence-corrected chi connectivity index (χ2v) is 7.13. The molecule has 2 aromatic rings. The van der Waals surface area contributed by atoms with Crippen LogP contribution >= 0.6 is 11.6 Å². The number of halogens is 1. The van der Waals surface area contributed by atoms with Gasteiger partial charge in [0.1, 0.15) is 0 Å². The van der Waals surface area contributed by atoms with Gasteiger partial charge in [-0.25, -0.2) is 13.1 Å². The van der Waals surface area contributed by atoms with E-state index in [1.807, 2.05) is 0 Å². The van der Waals surface area contributed by atoms with Gasteiger partial charge in [-0.3, -0.25) is 4.79 Å². The molecule has 0 radical (unpaired) electrons. The molecule has 22 heavy (non-hydrogen) atoms. The molecule has 0 unspecified atom stereocenters. The van der Waals surface area contributed by atoms with Crippen molar-refractivity contribution in [1.29, 1.82) is 0 Å². The van der Waals surface area contributed by atoms with Crippen LogP contribution in [0.4, 0.5) is 0 Å². The van der Waals surface area contributed by atoms with Crippen LogP contribution in [0.5, 0.6) is 0 Å². The third-order valence-electron chi connectivity index (χ3n) is 3.25. The molecule has 1 N–H and O–H groups in total. The number of carbonyl (C=O) groups is 1. The summed E-state index contributed by atoms with van der Waals surface area (Å²) in [5, 5.41) is 0.550. The molecule has 2 rings (SSSR count). The highest BCUT2D eigenvalue weighted by molar-refractivity contribution is 7.89. The summed E-state index contributed by atoms with van der Waals surface area (Å²) in [5.41, 5.74) is 1.25. The molecule has 0 saturated carbocycles. The number of hydrogen-bond acceptors (Lipinski definition) is 3. The molecule has 0 aliphatic heterocycles. The minimum Gasteiger partial charge on any atom is -0.295 e. The monoisotopic (exact) mass is 337 g/mol. The van der Waals surface area contributed by atoms with E-state index in [1.165, 1.54) is 31.2 Å². The van der Waals surface area contributed by atoms with Crippen LogP contribution in [0.25, 0.3) is 0 Å². The van der Waals surface area contributed by atoms with E-state index in [0.29, 0.717) is 10.6 Å². The van der Waals surface area contributed by atoms with Gasteiger partial charge in [0, 0.05) is 16.6 Å². The third-order valence-corrected chi connectivity index (χ3v) is 5.04. The van der Waals surface area contributed by atoms with Crippen molar-refractivity contribution in [2.45, 2.75) is 24.8 Å². The smallest absolute Gasteiger partial charge is 0.241 e. The van der Waals surface area contributed by atoms with Crippen LogP contribution < -0.4 is 4.72 Å². The van der Waals surface area contributed by atoms with Gasteiger partial charge >= 0.3 is 0 Å². The number of ketones is 1. The van der Waals surface area contributed by atoms with Crippen molar-refractivity contribution in [2.24, 2.45) is 0 Å². The zero-order chi connectivity index (χ0) is 16.3. The zero-order valence-corrected chi connectivity index (χ0v) is 13.8. The van der Waals surface area contributed by atoms with E-state index in [-0.39, 0.29) is 10.7 Å². The molecule has 2 aromatic carbocycles. The lowest BCUT2D eigenvalue weighted by Gasteiger charge is -2.15. The molecule has 116 valence electrons. The Bertz CT molecular complexity index is 785. The summed E-state index contributed by atoms with van der Waals surface area (Å²) in [6, 6.07) is 12.4. The summed E-state index contributed by atoms with van der Waals surface area (Å²) in [5.74, 6) is -0.107. The average molecular weight is 338 g/mol. The third kappa shape index (κ3) is 3.94. The van der Waals surface area contributed by atoms with Crippen molar-refractivity contribution in [2.75, 3.05) is 0 Å². The van der Waals surface area contributed by atoms with Gasteiger partial charge in [0.2, 0.25) is 10.0 Å². The van der Waals surface area contributed by atoms with E-state index in [0.717, 1.165) is 5.56 Å². The van der Waals surface area contributed by atoms with Gasteiger partial charge < -0.3 is 0 Å². The van der Waals surface area contributed by atoms with E-state index in [4.69, 9.17) is 11.6 Å². The number of nitrogens with one attached hydrogen (secondary N) is 1. The Morgan fingerprint density at radius 1 is 1.14 bits per heavy atom. The predicted octanol–water partition coefficient (Wildman–Crippen LogP) is 3.58. The van der Waals surface area contributed by atoms with Crippen LogP contribution in [-0.2, 0) is 10.0 Å². The van der Waals surface area contributed by atoms with Crippen LogP contribution in [0.15, 0.2) is 53.4 Å². The minimum absolute atomic E-state index is 0.107. The maximum Gasteiger partial charge on any atom is 0.241 e. The highest BCUT2D eigenvalue weighted by Gasteiger charge is 2.18. The lowest BCUT2D eigenvalue weighted by molar-refractivity contribution is 0.101. The Morgan fingerprint density at radius 2 is 1.77 bits per heavy atom. The molecule has 0 bridgehead atoms. The number of rotatable bonds is 5. The first kappa shape index (κ1) is 16.7. The standard InChI is InChI=1S/C16H16ClNO3S/c1-11(14-4-3-5-15(17)10-14)18-22(20,21)16-8-6-13(7-9-16)12(2)19/h3-11,18H,1-2H3/t11-/m1/s1. The molecule has 0 aliphatic carbocycles. The first-order valence-corrected chi connectivity index (χ1v) is 8.54. The minimum atomic E-state index is -3.67. The van der Waals surface area contributed by atoms with Gasteiger partial charge in [-0.2, -0.15) is 0 Å². The lowest BCUT2D eigenvalue weighted by Crippen LogP contribution is -2.26. The van der Waals surface area contributed by atoms with Gasteiger partial charge in [0.25, 0.3) is 0 Å². The molecule has 4 nitrogen and oxygen atoms in total. The Morgan fingerprint density at radius 3 is 2.32 bits per heavy atom. The summed E-state index contributed by atoms with van der Waals surface area (Å²) in [4.78, 5) is 11.3. The summed E-state index contributed by atoms with van der Waals surface area (Å²) in [7, 11) is -3.67. The van der Waals surface area contributed by atoms with Gasteiger partial charge in [-0.05, 0) is 43.7 Å². The van der Waals surface area contributed by atoms with Gasteiger partial charge in [0.05, 0.1) is 4.90 Å². The fourth-order valence-electron chi connectivity index (χ4n) is 2.01. The topological polar surface area (TPSA) is 63.2 Å². The quantitative estimate of drug-likeness (QED) is 0.848. The summed E-state index contributed by atoms with van der Waals surface area (Å²) in [6.45, 7) is 3.18. The second kappa shape index (κ2) is 6.60. The van der Waals surface area contributed by atoms with E-state index in [2.05, 4.69) is 4.72 Å². The fraction of sp³-hybridized carbons (Fsp3) is 0.188. The van der Waals surface area contributed by atoms with Gasteiger partial charge in [-0.15, -0.1) is 0 Å². The largest absolute Gasteiger partial charge is 0.295 e. The van der Waals surface area contributed by atoms with Crippen molar-refractivity contribution in [3.8, 4) is 0 Å². The van der Waals surface area contributed by atoms with E-state index in [9.17, 15) is 13.2 Å². The number of sulfonamides is 1. The van der Waals surface area contributed by atoms with Crippen molar-refractivity contribution in [3.05, 3.63) is 64.7 Å². The second-order valence-electron chi connectivity index (χ2n) is 4.98. The summed E-state index contributed by atoms with van der Waals surface area (Å²) >= 11 is 5.92. The van der Waals surface area contributed by atoms with Crippen LogP contribution in [0.2, 0.25) is 5.02 Å². The van der Waals surface area contributed by atoms with E-state index >= 15 is 0 Å². The molecular weight excluding hydrogens is 322 g/mol. The molecule has 1 atom stereocenters. The molecule has 0 heterocycles. The molecule has 0 aromatic heterocycles. The van der Waals surface area contributed by atoms with E-state index < -0.39 is 16.1 Å². The summed E-state index contributed by atoms with van der Waals surface area (Å²) in [6.07, 6.45) is 0. The zero-order valence-electron chi connectivity index (χ0n) is 12.2. The van der Waals surface area contributed by atoms with Crippen LogP contribution in [-0.4, -0.2) is 14.2 Å². The van der Waals surface area contributed by atoms with Crippen molar-refractivity contribution in [3.63, 3.8) is 0 Å². The maximum atomic E-state index is 12.4. The Balaban J connectivity index is 2.21. The first-order valence-electron chi connectivity index (χ1n) is 6.68. The average Bonchev–Trinajstić information content (AvgIpc) is 2.47. The molecule has 0 spiro atoms. The Hall–Kier alpha value is -1.69. The van der Waals surface area contributed by atoms with Crippen LogP contribution in [0.3, 0.4) is 0 Å². The number of Topliss-reactive ketones (excluding diaryl/α,β-unsaturated/α-hetero) is 1. The normalized spacial score (nSPS) is 12.9. The molecule has 0 amide bonds. The van der Waals surface area contributed by atoms with E-state index in [1.54, 1.807) is 31.2 Å². The fourth-order valence-corrected chi connectivity index (χ4v) is 3.44. The molecule has 0 saturated heterocycles. The Kier molecular flexibility index (Phi) is 5.01. The van der Waals surface area contributed by atoms with Crippen LogP contribution in [0, 0.1) is 0 Å². The van der Waals surface area contributed by atoms with Crippen LogP contribution in [0.1, 0.15) is 35.8 Å². The number of carbonyl (C=O) groups excluding carboxylic acids is 1. The van der Waals surface area contributed by atoms with Crippen molar-refractivity contribution >= 4 is 27.4 Å². The number of benzene rings is 2. The molecule has 0 fully saturated rings. The van der Waals surface area contributed by atoms with Crippen molar-refractivity contribution < 1.29 is 13.2 Å². The molecular formula is C16H16ClNO3S. The lowest BCUT2D eigenvalue weighted by atomic mass is 10.1. The maximum absolute atomic E-state index is 12.4. The predicted molar refractivity (Wildman–Crippen MR) is 86.6 cm³/mol. The highest BCUT2D eigenvalue weighted by Crippen LogP contribution is 2.20. The van der Waals surface area contributed by atoms with Gasteiger partial charge in [-0.1, -0.05) is 35.9 Å². The molecule has 6 heteroatoms. The Labute approximate surface area is 135 Å². The number of hydrogen-bond donors (Lipinski definition) is 1. The molecule has 0 aliphatic rings. The summed E-state index contributed by atoms with van der Waals surface area (Å²) < 4.78 is 27.3. The van der Waals surface area contributed by atoms with Crippen molar-refractivity contribution in [1.82, 2.24) is 4.72 Å². The highest BCUT2D eigenvalue weighted by atomic mass is 35.5. The SMILES string of the molecule is CC(=O)c1ccc(S(=O)(=O)N[C@H](C)c2cccc(Cl)c2)cc1. The first-order chi connectivity index (χ1) is 10.3. The van der Waals surface area contributed by atoms with Gasteiger partial charge in [0.15, 0.2) is 5.78 Å².